The van der Waals surface area contributed by atoms with Gasteiger partial charge in [-0.25, -0.2) is 4.98 Å². The number of ether oxygens (including phenoxy) is 1. The van der Waals surface area contributed by atoms with Crippen LogP contribution in [-0.2, 0) is 16.0 Å². The molecule has 5 heteroatoms. The van der Waals surface area contributed by atoms with Gasteiger partial charge < -0.3 is 15.0 Å². The summed E-state index contributed by atoms with van der Waals surface area (Å²) in [6.07, 6.45) is 5.08. The molecule has 2 N–H and O–H groups in total. The zero-order chi connectivity index (χ0) is 11.4. The van der Waals surface area contributed by atoms with Crippen molar-refractivity contribution in [2.75, 3.05) is 13.2 Å². The van der Waals surface area contributed by atoms with Gasteiger partial charge >= 0.3 is 0 Å². The number of imidazole rings is 1. The smallest absolute Gasteiger partial charge is 0.225 e. The number of H-pyrrole nitrogens is 1. The third-order valence-corrected chi connectivity index (χ3v) is 2.96. The molecule has 2 atom stereocenters. The normalized spacial score (nSPS) is 24.6. The van der Waals surface area contributed by atoms with Gasteiger partial charge in [0.15, 0.2) is 0 Å². The molecule has 0 saturated carbocycles. The van der Waals surface area contributed by atoms with Crippen LogP contribution in [0.25, 0.3) is 0 Å². The highest BCUT2D eigenvalue weighted by Crippen LogP contribution is 2.20. The van der Waals surface area contributed by atoms with Crippen LogP contribution in [0.2, 0.25) is 0 Å². The van der Waals surface area contributed by atoms with Crippen LogP contribution in [0, 0.1) is 5.92 Å². The van der Waals surface area contributed by atoms with Crippen molar-refractivity contribution in [2.45, 2.75) is 25.9 Å². The van der Waals surface area contributed by atoms with Gasteiger partial charge in [0.25, 0.3) is 0 Å². The van der Waals surface area contributed by atoms with Crippen LogP contribution in [0.5, 0.6) is 0 Å². The fraction of sp³-hybridized carbons (Fsp3) is 0.636. The fourth-order valence-corrected chi connectivity index (χ4v) is 1.95. The van der Waals surface area contributed by atoms with Gasteiger partial charge in [0.05, 0.1) is 18.3 Å². The molecule has 88 valence electrons. The van der Waals surface area contributed by atoms with Crippen LogP contribution in [0.4, 0.5) is 0 Å². The lowest BCUT2D eigenvalue weighted by Gasteiger charge is -2.13. The van der Waals surface area contributed by atoms with Crippen molar-refractivity contribution < 1.29 is 9.53 Å². The van der Waals surface area contributed by atoms with Crippen molar-refractivity contribution in [3.63, 3.8) is 0 Å². The Morgan fingerprint density at radius 2 is 2.62 bits per heavy atom. The molecule has 0 aromatic carbocycles. The van der Waals surface area contributed by atoms with Crippen LogP contribution in [0.15, 0.2) is 12.5 Å². The topological polar surface area (TPSA) is 67.0 Å². The molecular weight excluding hydrogens is 206 g/mol. The van der Waals surface area contributed by atoms with Crippen molar-refractivity contribution in [1.82, 2.24) is 15.3 Å². The van der Waals surface area contributed by atoms with Gasteiger partial charge in [0, 0.05) is 31.5 Å². The number of aromatic amines is 1. The van der Waals surface area contributed by atoms with Crippen LogP contribution in [0.3, 0.4) is 0 Å². The number of nitrogens with zero attached hydrogens (tertiary/aromatic N) is 1. The standard InChI is InChI=1S/C11H17N3O2/c1-8-10(3-5-16-8)11(15)13-4-2-9-6-12-7-14-9/h6-8,10H,2-5H2,1H3,(H,12,14)(H,13,15). The molecule has 1 aliphatic heterocycles. The Bertz CT molecular complexity index is 337. The first-order valence-corrected chi connectivity index (χ1v) is 5.64. The Kier molecular flexibility index (Phi) is 3.56. The van der Waals surface area contributed by atoms with E-state index in [-0.39, 0.29) is 17.9 Å². The Morgan fingerprint density at radius 1 is 1.75 bits per heavy atom. The molecule has 2 heterocycles. The molecule has 0 aliphatic carbocycles. The molecular formula is C11H17N3O2. The number of hydrogen-bond acceptors (Lipinski definition) is 3. The molecule has 1 aromatic rings. The quantitative estimate of drug-likeness (QED) is 0.780. The highest BCUT2D eigenvalue weighted by Gasteiger charge is 2.30. The maximum atomic E-state index is 11.8. The number of nitrogens with one attached hydrogen (secondary N) is 2. The van der Waals surface area contributed by atoms with Gasteiger partial charge in [-0.3, -0.25) is 4.79 Å². The van der Waals surface area contributed by atoms with E-state index in [1.54, 1.807) is 12.5 Å². The molecule has 0 bridgehead atoms. The summed E-state index contributed by atoms with van der Waals surface area (Å²) in [5.74, 6) is 0.117. The largest absolute Gasteiger partial charge is 0.378 e. The number of amides is 1. The summed E-state index contributed by atoms with van der Waals surface area (Å²) >= 11 is 0. The summed E-state index contributed by atoms with van der Waals surface area (Å²) in [6.45, 7) is 3.29. The van der Waals surface area contributed by atoms with Crippen LogP contribution >= 0.6 is 0 Å². The fourth-order valence-electron chi connectivity index (χ4n) is 1.95. The van der Waals surface area contributed by atoms with E-state index in [0.29, 0.717) is 13.2 Å². The van der Waals surface area contributed by atoms with Crippen LogP contribution in [-0.4, -0.2) is 35.1 Å². The van der Waals surface area contributed by atoms with Crippen molar-refractivity contribution in [2.24, 2.45) is 5.92 Å². The molecule has 16 heavy (non-hydrogen) atoms. The first kappa shape index (κ1) is 11.1. The molecule has 1 saturated heterocycles. The minimum absolute atomic E-state index is 0.0155. The Morgan fingerprint density at radius 3 is 3.25 bits per heavy atom. The second kappa shape index (κ2) is 5.12. The van der Waals surface area contributed by atoms with Crippen molar-refractivity contribution in [3.8, 4) is 0 Å². The molecule has 0 spiro atoms. The second-order valence-corrected chi connectivity index (χ2v) is 4.09. The molecule has 5 nitrogen and oxygen atoms in total. The van der Waals surface area contributed by atoms with Gasteiger partial charge in [-0.15, -0.1) is 0 Å². The lowest BCUT2D eigenvalue weighted by Crippen LogP contribution is -2.35. The molecule has 1 aliphatic rings. The van der Waals surface area contributed by atoms with Gasteiger partial charge in [0.2, 0.25) is 5.91 Å². The van der Waals surface area contributed by atoms with E-state index in [1.165, 1.54) is 0 Å². The minimum atomic E-state index is 0.0155. The average molecular weight is 223 g/mol. The molecule has 1 fully saturated rings. The first-order valence-electron chi connectivity index (χ1n) is 5.64. The van der Waals surface area contributed by atoms with Crippen molar-refractivity contribution in [1.29, 1.82) is 0 Å². The second-order valence-electron chi connectivity index (χ2n) is 4.09. The zero-order valence-electron chi connectivity index (χ0n) is 9.40. The number of hydrogen-bond donors (Lipinski definition) is 2. The van der Waals surface area contributed by atoms with E-state index in [2.05, 4.69) is 15.3 Å². The van der Waals surface area contributed by atoms with E-state index < -0.39 is 0 Å². The van der Waals surface area contributed by atoms with E-state index in [4.69, 9.17) is 4.74 Å². The summed E-state index contributed by atoms with van der Waals surface area (Å²) in [6, 6.07) is 0. The zero-order valence-corrected chi connectivity index (χ0v) is 9.40. The molecule has 1 amide bonds. The summed E-state index contributed by atoms with van der Waals surface area (Å²) in [5.41, 5.74) is 1.04. The highest BCUT2D eigenvalue weighted by molar-refractivity contribution is 5.79. The highest BCUT2D eigenvalue weighted by atomic mass is 16.5. The Hall–Kier alpha value is -1.36. The maximum absolute atomic E-state index is 11.8. The summed E-state index contributed by atoms with van der Waals surface area (Å²) < 4.78 is 5.36. The predicted octanol–water partition coefficient (Wildman–Crippen LogP) is 0.493. The van der Waals surface area contributed by atoms with Gasteiger partial charge in [0.1, 0.15) is 0 Å². The summed E-state index contributed by atoms with van der Waals surface area (Å²) in [7, 11) is 0. The minimum Gasteiger partial charge on any atom is -0.378 e. The van der Waals surface area contributed by atoms with E-state index in [9.17, 15) is 4.79 Å². The average Bonchev–Trinajstić information content (AvgIpc) is 2.88. The predicted molar refractivity (Wildman–Crippen MR) is 58.8 cm³/mol. The third-order valence-electron chi connectivity index (χ3n) is 2.96. The van der Waals surface area contributed by atoms with Crippen LogP contribution in [0.1, 0.15) is 19.0 Å². The SMILES string of the molecule is CC1OCCC1C(=O)NCCc1cnc[nH]1. The lowest BCUT2D eigenvalue weighted by atomic mass is 10.0. The molecule has 2 unspecified atom stereocenters. The van der Waals surface area contributed by atoms with Gasteiger partial charge in [-0.05, 0) is 13.3 Å². The summed E-state index contributed by atoms with van der Waals surface area (Å²) in [4.78, 5) is 18.7. The molecule has 0 radical (unpaired) electrons. The van der Waals surface area contributed by atoms with E-state index >= 15 is 0 Å². The Balaban J connectivity index is 1.71. The van der Waals surface area contributed by atoms with Crippen LogP contribution < -0.4 is 5.32 Å². The first-order chi connectivity index (χ1) is 7.77. The number of carbonyl (C=O) groups is 1. The number of aromatic nitrogens is 2. The van der Waals surface area contributed by atoms with Gasteiger partial charge in [-0.2, -0.15) is 0 Å². The number of carbonyl (C=O) groups excluding carboxylic acids is 1. The van der Waals surface area contributed by atoms with Crippen molar-refractivity contribution >= 4 is 5.91 Å². The summed E-state index contributed by atoms with van der Waals surface area (Å²) in [5, 5.41) is 2.93. The Labute approximate surface area is 94.6 Å². The van der Waals surface area contributed by atoms with E-state index in [0.717, 1.165) is 18.5 Å². The number of rotatable bonds is 4. The molecule has 2 rings (SSSR count). The molecule has 1 aromatic heterocycles. The van der Waals surface area contributed by atoms with Crippen molar-refractivity contribution in [3.05, 3.63) is 18.2 Å². The lowest BCUT2D eigenvalue weighted by molar-refractivity contribution is -0.126. The van der Waals surface area contributed by atoms with E-state index in [1.807, 2.05) is 6.92 Å². The van der Waals surface area contributed by atoms with Gasteiger partial charge in [-0.1, -0.05) is 0 Å². The monoisotopic (exact) mass is 223 g/mol. The maximum Gasteiger partial charge on any atom is 0.225 e. The third kappa shape index (κ3) is 2.61.